The molecule has 0 aromatic heterocycles. The van der Waals surface area contributed by atoms with Crippen LogP contribution in [0.3, 0.4) is 0 Å². The summed E-state index contributed by atoms with van der Waals surface area (Å²) in [5.74, 6) is -0.460. The maximum atomic E-state index is 13.0. The van der Waals surface area contributed by atoms with Gasteiger partial charge in [-0.1, -0.05) is 31.1 Å². The van der Waals surface area contributed by atoms with Crippen LogP contribution in [-0.4, -0.2) is 45.6 Å². The van der Waals surface area contributed by atoms with E-state index in [4.69, 9.17) is 9.47 Å². The minimum absolute atomic E-state index is 0.0486. The number of rotatable bonds is 0. The van der Waals surface area contributed by atoms with Gasteiger partial charge < -0.3 is 19.7 Å². The van der Waals surface area contributed by atoms with Gasteiger partial charge >= 0.3 is 11.9 Å². The molecule has 5 aliphatic carbocycles. The quantitative estimate of drug-likeness (QED) is 0.391. The number of aliphatic hydroxyl groups is 2. The molecule has 0 spiro atoms. The fraction of sp³-hybridized carbons (Fsp3) is 0.800. The van der Waals surface area contributed by atoms with Gasteiger partial charge in [0.1, 0.15) is 12.2 Å². The lowest BCUT2D eigenvalue weighted by Crippen LogP contribution is -2.51. The van der Waals surface area contributed by atoms with E-state index in [1.165, 1.54) is 11.1 Å². The average molecular weight is 497 g/mol. The van der Waals surface area contributed by atoms with Crippen molar-refractivity contribution < 1.29 is 29.3 Å². The fourth-order valence-electron chi connectivity index (χ4n) is 11.0. The summed E-state index contributed by atoms with van der Waals surface area (Å²) >= 11 is 0. The zero-order chi connectivity index (χ0) is 25.7. The van der Waals surface area contributed by atoms with Crippen LogP contribution in [0.5, 0.6) is 0 Å². The Balaban J connectivity index is 1.47. The number of esters is 2. The van der Waals surface area contributed by atoms with Crippen molar-refractivity contribution in [2.45, 2.75) is 90.6 Å². The Labute approximate surface area is 213 Å². The molecule has 5 fully saturated rings. The molecule has 14 atom stereocenters. The number of fused-ring (bicyclic) bond motifs is 7. The summed E-state index contributed by atoms with van der Waals surface area (Å²) < 4.78 is 12.4. The molecule has 2 aliphatic heterocycles. The zero-order valence-corrected chi connectivity index (χ0v) is 22.3. The molecular weight excluding hydrogens is 456 g/mol. The van der Waals surface area contributed by atoms with Gasteiger partial charge in [-0.05, 0) is 76.7 Å². The molecule has 2 bridgehead atoms. The predicted octanol–water partition coefficient (Wildman–Crippen LogP) is 3.80. The molecule has 2 N–H and O–H groups in total. The lowest BCUT2D eigenvalue weighted by molar-refractivity contribution is -0.153. The van der Waals surface area contributed by atoms with Crippen LogP contribution in [0.25, 0.3) is 0 Å². The molecule has 6 nitrogen and oxygen atoms in total. The van der Waals surface area contributed by atoms with Gasteiger partial charge in [0.25, 0.3) is 0 Å². The van der Waals surface area contributed by atoms with Crippen molar-refractivity contribution in [1.29, 1.82) is 0 Å². The van der Waals surface area contributed by atoms with Gasteiger partial charge in [0, 0.05) is 29.1 Å². The molecule has 6 heteroatoms. The summed E-state index contributed by atoms with van der Waals surface area (Å²) in [7, 11) is 0. The van der Waals surface area contributed by atoms with Crippen LogP contribution in [0.2, 0.25) is 0 Å². The second-order valence-electron chi connectivity index (χ2n) is 13.9. The summed E-state index contributed by atoms with van der Waals surface area (Å²) in [5, 5.41) is 24.1. The van der Waals surface area contributed by atoms with Gasteiger partial charge in [-0.25, -0.2) is 0 Å². The van der Waals surface area contributed by atoms with Crippen molar-refractivity contribution in [2.24, 2.45) is 58.7 Å². The first-order valence-electron chi connectivity index (χ1n) is 14.1. The van der Waals surface area contributed by atoms with Crippen molar-refractivity contribution in [3.05, 3.63) is 22.8 Å². The maximum Gasteiger partial charge on any atom is 0.309 e. The van der Waals surface area contributed by atoms with Crippen LogP contribution in [0, 0.1) is 58.7 Å². The van der Waals surface area contributed by atoms with Crippen LogP contribution < -0.4 is 0 Å². The van der Waals surface area contributed by atoms with E-state index in [9.17, 15) is 19.8 Å². The Kier molecular flexibility index (Phi) is 4.46. The van der Waals surface area contributed by atoms with Gasteiger partial charge in [-0.2, -0.15) is 0 Å². The Morgan fingerprint density at radius 3 is 2.22 bits per heavy atom. The summed E-state index contributed by atoms with van der Waals surface area (Å²) in [6, 6.07) is 0. The van der Waals surface area contributed by atoms with E-state index in [1.54, 1.807) is 0 Å². The molecule has 0 radical (unpaired) electrons. The standard InChI is InChI=1S/C30H40O6/c1-12-11-18-20-21(30(12)24(18)29(6,34)10-8-17-14(3)27(32)36-25(17)30)15(4)19-22(20)28(5,33)9-7-16-13(2)26(31)35-23(16)19/h11,13-14,16-18,20-25,33-34H,7-10H2,1-6H3. The maximum absolute atomic E-state index is 13.0. The van der Waals surface area contributed by atoms with Crippen molar-refractivity contribution in [1.82, 2.24) is 0 Å². The SMILES string of the molecule is CC1=CC2C3C4C(=C(C)C3C13C1OC(=O)C(C)C1CCC(C)(O)C23)C1OC(=O)C(C)C1CCC4(C)O. The minimum Gasteiger partial charge on any atom is -0.461 e. The third kappa shape index (κ3) is 2.43. The topological polar surface area (TPSA) is 93.1 Å². The first-order chi connectivity index (χ1) is 16.8. The fourth-order valence-corrected chi connectivity index (χ4v) is 11.0. The van der Waals surface area contributed by atoms with Crippen molar-refractivity contribution >= 4 is 11.9 Å². The molecule has 0 aromatic rings. The van der Waals surface area contributed by atoms with E-state index < -0.39 is 16.6 Å². The zero-order valence-electron chi connectivity index (χ0n) is 22.3. The van der Waals surface area contributed by atoms with Gasteiger partial charge in [-0.15, -0.1) is 0 Å². The van der Waals surface area contributed by atoms with E-state index in [-0.39, 0.29) is 77.4 Å². The summed E-state index contributed by atoms with van der Waals surface area (Å²) in [4.78, 5) is 25.7. The Bertz CT molecular complexity index is 1130. The molecule has 0 amide bonds. The lowest BCUT2D eigenvalue weighted by atomic mass is 9.58. The third-order valence-electron chi connectivity index (χ3n) is 12.4. The molecule has 36 heavy (non-hydrogen) atoms. The number of hydrogen-bond acceptors (Lipinski definition) is 6. The second kappa shape index (κ2) is 6.85. The van der Waals surface area contributed by atoms with Gasteiger partial charge in [0.15, 0.2) is 0 Å². The van der Waals surface area contributed by atoms with Gasteiger partial charge in [0.2, 0.25) is 0 Å². The molecule has 7 aliphatic rings. The minimum atomic E-state index is -0.931. The Morgan fingerprint density at radius 1 is 0.889 bits per heavy atom. The molecule has 196 valence electrons. The van der Waals surface area contributed by atoms with Crippen LogP contribution in [0.1, 0.15) is 67.2 Å². The number of carbonyl (C=O) groups excluding carboxylic acids is 2. The van der Waals surface area contributed by atoms with Crippen LogP contribution in [0.4, 0.5) is 0 Å². The predicted molar refractivity (Wildman–Crippen MR) is 131 cm³/mol. The summed E-state index contributed by atoms with van der Waals surface area (Å²) in [6.07, 6.45) is 4.59. The van der Waals surface area contributed by atoms with Gasteiger partial charge in [0.05, 0.1) is 23.0 Å². The van der Waals surface area contributed by atoms with E-state index >= 15 is 0 Å². The summed E-state index contributed by atoms with van der Waals surface area (Å²) in [5.41, 5.74) is 1.23. The number of hydrogen-bond donors (Lipinski definition) is 2. The Morgan fingerprint density at radius 2 is 1.50 bits per heavy atom. The van der Waals surface area contributed by atoms with E-state index in [2.05, 4.69) is 19.9 Å². The molecule has 3 saturated carbocycles. The van der Waals surface area contributed by atoms with Crippen LogP contribution >= 0.6 is 0 Å². The van der Waals surface area contributed by atoms with Crippen molar-refractivity contribution in [3.63, 3.8) is 0 Å². The smallest absolute Gasteiger partial charge is 0.309 e. The third-order valence-corrected chi connectivity index (χ3v) is 12.4. The lowest BCUT2D eigenvalue weighted by Gasteiger charge is -2.47. The molecule has 0 aromatic carbocycles. The van der Waals surface area contributed by atoms with Crippen molar-refractivity contribution in [2.75, 3.05) is 0 Å². The van der Waals surface area contributed by atoms with E-state index in [0.29, 0.717) is 12.8 Å². The van der Waals surface area contributed by atoms with Crippen molar-refractivity contribution in [3.8, 4) is 0 Å². The highest BCUT2D eigenvalue weighted by Gasteiger charge is 2.78. The van der Waals surface area contributed by atoms with E-state index in [1.807, 2.05) is 27.7 Å². The highest BCUT2D eigenvalue weighted by molar-refractivity contribution is 5.76. The first-order valence-corrected chi connectivity index (χ1v) is 14.1. The highest BCUT2D eigenvalue weighted by Crippen LogP contribution is 2.78. The highest BCUT2D eigenvalue weighted by atomic mass is 16.6. The normalized spacial score (nSPS) is 58.8. The molecule has 14 unspecified atom stereocenters. The molecule has 2 heterocycles. The number of carbonyl (C=O) groups is 2. The summed E-state index contributed by atoms with van der Waals surface area (Å²) in [6.45, 7) is 12.2. The molecule has 2 saturated heterocycles. The van der Waals surface area contributed by atoms with Crippen LogP contribution in [0.15, 0.2) is 22.8 Å². The van der Waals surface area contributed by atoms with E-state index in [0.717, 1.165) is 18.4 Å². The largest absolute Gasteiger partial charge is 0.461 e. The first kappa shape index (κ1) is 23.5. The van der Waals surface area contributed by atoms with Crippen LogP contribution in [-0.2, 0) is 19.1 Å². The number of allylic oxidation sites excluding steroid dienone is 2. The second-order valence-corrected chi connectivity index (χ2v) is 13.9. The Hall–Kier alpha value is -1.66. The average Bonchev–Trinajstić information content (AvgIpc) is 3.49. The molecule has 7 rings (SSSR count). The van der Waals surface area contributed by atoms with Gasteiger partial charge in [-0.3, -0.25) is 9.59 Å². The number of ether oxygens (including phenoxy) is 2. The monoisotopic (exact) mass is 496 g/mol. The molecular formula is C30H40O6.